The van der Waals surface area contributed by atoms with Gasteiger partial charge in [-0.25, -0.2) is 14.8 Å². The van der Waals surface area contributed by atoms with Gasteiger partial charge in [-0.2, -0.15) is 5.10 Å². The van der Waals surface area contributed by atoms with Crippen molar-refractivity contribution in [1.82, 2.24) is 30.0 Å². The first-order valence-corrected chi connectivity index (χ1v) is 10.2. The van der Waals surface area contributed by atoms with Crippen LogP contribution in [0.1, 0.15) is 43.0 Å². The summed E-state index contributed by atoms with van der Waals surface area (Å²) >= 11 is 0. The highest BCUT2D eigenvalue weighted by atomic mass is 16.2. The van der Waals surface area contributed by atoms with Crippen LogP contribution in [0.25, 0.3) is 0 Å². The fraction of sp³-hybridized carbons (Fsp3) is 0.600. The van der Waals surface area contributed by atoms with E-state index in [4.69, 9.17) is 0 Å². The summed E-state index contributed by atoms with van der Waals surface area (Å²) in [6.45, 7) is 5.41. The molecule has 28 heavy (non-hydrogen) atoms. The molecule has 2 saturated heterocycles. The first-order valence-electron chi connectivity index (χ1n) is 10.2. The molecule has 2 fully saturated rings. The summed E-state index contributed by atoms with van der Waals surface area (Å²) in [6, 6.07) is 4.34. The highest BCUT2D eigenvalue weighted by Crippen LogP contribution is 2.26. The van der Waals surface area contributed by atoms with Crippen molar-refractivity contribution in [1.29, 1.82) is 0 Å². The Hall–Kier alpha value is -2.64. The molecule has 2 aliphatic heterocycles. The SMILES string of the molecule is Cc1cc(N2CCCC(NC(=O)N3CCC(c4ccncn4)CC3)C2)n(C)n1. The number of anilines is 1. The number of aryl methyl sites for hydroxylation is 2. The van der Waals surface area contributed by atoms with Crippen molar-refractivity contribution in [3.8, 4) is 0 Å². The lowest BCUT2D eigenvalue weighted by molar-refractivity contribution is 0.175. The molecule has 8 nitrogen and oxygen atoms in total. The van der Waals surface area contributed by atoms with E-state index in [9.17, 15) is 4.79 Å². The smallest absolute Gasteiger partial charge is 0.317 e. The second kappa shape index (κ2) is 8.16. The van der Waals surface area contributed by atoms with Crippen molar-refractivity contribution in [3.05, 3.63) is 36.0 Å². The Labute approximate surface area is 165 Å². The molecule has 0 radical (unpaired) electrons. The Morgan fingerprint density at radius 2 is 2.04 bits per heavy atom. The molecule has 2 amide bonds. The lowest BCUT2D eigenvalue weighted by Crippen LogP contribution is -2.53. The predicted molar refractivity (Wildman–Crippen MR) is 107 cm³/mol. The predicted octanol–water partition coefficient (Wildman–Crippen LogP) is 2.08. The molecular formula is C20H29N7O. The van der Waals surface area contributed by atoms with Gasteiger partial charge in [-0.1, -0.05) is 0 Å². The van der Waals surface area contributed by atoms with Crippen LogP contribution in [-0.4, -0.2) is 62.9 Å². The lowest BCUT2D eigenvalue weighted by atomic mass is 9.93. The summed E-state index contributed by atoms with van der Waals surface area (Å²) in [4.78, 5) is 25.4. The van der Waals surface area contributed by atoms with E-state index >= 15 is 0 Å². The number of nitrogens with zero attached hydrogens (tertiary/aromatic N) is 6. The fourth-order valence-corrected chi connectivity index (χ4v) is 4.38. The maximum atomic E-state index is 12.8. The van der Waals surface area contributed by atoms with E-state index in [1.165, 1.54) is 0 Å². The molecule has 4 heterocycles. The van der Waals surface area contributed by atoms with Gasteiger partial charge >= 0.3 is 6.03 Å². The zero-order chi connectivity index (χ0) is 19.5. The number of hydrogen-bond acceptors (Lipinski definition) is 5. The highest BCUT2D eigenvalue weighted by molar-refractivity contribution is 5.74. The van der Waals surface area contributed by atoms with Gasteiger partial charge in [-0.15, -0.1) is 0 Å². The molecule has 2 aromatic rings. The van der Waals surface area contributed by atoms with E-state index in [-0.39, 0.29) is 12.1 Å². The third-order valence-corrected chi connectivity index (χ3v) is 5.86. The van der Waals surface area contributed by atoms with Crippen molar-refractivity contribution in [2.45, 2.75) is 44.6 Å². The van der Waals surface area contributed by atoms with Crippen LogP contribution in [0.3, 0.4) is 0 Å². The molecule has 0 spiro atoms. The van der Waals surface area contributed by atoms with E-state index < -0.39 is 0 Å². The van der Waals surface area contributed by atoms with Crippen LogP contribution in [-0.2, 0) is 7.05 Å². The zero-order valence-corrected chi connectivity index (χ0v) is 16.7. The molecule has 0 saturated carbocycles. The van der Waals surface area contributed by atoms with Crippen molar-refractivity contribution in [2.75, 3.05) is 31.1 Å². The number of amides is 2. The van der Waals surface area contributed by atoms with Crippen LogP contribution < -0.4 is 10.2 Å². The number of hydrogen-bond donors (Lipinski definition) is 1. The molecular weight excluding hydrogens is 354 g/mol. The number of carbonyl (C=O) groups is 1. The quantitative estimate of drug-likeness (QED) is 0.878. The summed E-state index contributed by atoms with van der Waals surface area (Å²) in [6.07, 6.45) is 7.40. The maximum absolute atomic E-state index is 12.8. The molecule has 150 valence electrons. The highest BCUT2D eigenvalue weighted by Gasteiger charge is 2.28. The fourth-order valence-electron chi connectivity index (χ4n) is 4.38. The van der Waals surface area contributed by atoms with Gasteiger partial charge in [0.2, 0.25) is 0 Å². The number of aromatic nitrogens is 4. The minimum Gasteiger partial charge on any atom is -0.355 e. The Morgan fingerprint density at radius 1 is 1.21 bits per heavy atom. The average Bonchev–Trinajstić information content (AvgIpc) is 3.07. The number of urea groups is 1. The average molecular weight is 384 g/mol. The first kappa shape index (κ1) is 18.7. The number of piperidine rings is 2. The van der Waals surface area contributed by atoms with Gasteiger partial charge < -0.3 is 15.1 Å². The van der Waals surface area contributed by atoms with E-state index in [0.29, 0.717) is 5.92 Å². The second-order valence-electron chi connectivity index (χ2n) is 7.90. The third-order valence-electron chi connectivity index (χ3n) is 5.86. The maximum Gasteiger partial charge on any atom is 0.317 e. The van der Waals surface area contributed by atoms with Crippen LogP contribution in [0.15, 0.2) is 24.7 Å². The van der Waals surface area contributed by atoms with E-state index in [2.05, 4.69) is 31.3 Å². The van der Waals surface area contributed by atoms with Crippen molar-refractivity contribution in [2.24, 2.45) is 7.05 Å². The molecule has 8 heteroatoms. The van der Waals surface area contributed by atoms with Crippen molar-refractivity contribution < 1.29 is 4.79 Å². The van der Waals surface area contributed by atoms with Crippen molar-refractivity contribution in [3.63, 3.8) is 0 Å². The van der Waals surface area contributed by atoms with Gasteiger partial charge in [0.05, 0.1) is 5.69 Å². The van der Waals surface area contributed by atoms with E-state index in [0.717, 1.165) is 69.1 Å². The first-order chi connectivity index (χ1) is 13.6. The monoisotopic (exact) mass is 383 g/mol. The minimum absolute atomic E-state index is 0.0641. The van der Waals surface area contributed by atoms with E-state index in [1.54, 1.807) is 12.5 Å². The second-order valence-corrected chi connectivity index (χ2v) is 7.90. The topological polar surface area (TPSA) is 79.2 Å². The van der Waals surface area contributed by atoms with Crippen molar-refractivity contribution >= 4 is 11.8 Å². The molecule has 1 unspecified atom stereocenters. The van der Waals surface area contributed by atoms with Gasteiger partial charge in [-0.05, 0) is 38.7 Å². The summed E-state index contributed by atoms with van der Waals surface area (Å²) < 4.78 is 1.93. The van der Waals surface area contributed by atoms with E-state index in [1.807, 2.05) is 29.6 Å². The largest absolute Gasteiger partial charge is 0.355 e. The van der Waals surface area contributed by atoms with Gasteiger partial charge in [0.1, 0.15) is 12.1 Å². The summed E-state index contributed by atoms with van der Waals surface area (Å²) in [7, 11) is 1.98. The Kier molecular flexibility index (Phi) is 5.45. The number of nitrogens with one attached hydrogen (secondary N) is 1. The number of likely N-dealkylation sites (tertiary alicyclic amines) is 1. The molecule has 0 bridgehead atoms. The van der Waals surface area contributed by atoms with Crippen LogP contribution in [0, 0.1) is 6.92 Å². The van der Waals surface area contributed by atoms with Crippen LogP contribution >= 0.6 is 0 Å². The minimum atomic E-state index is 0.0641. The summed E-state index contributed by atoms with van der Waals surface area (Å²) in [5, 5.41) is 7.71. The van der Waals surface area contributed by atoms with Crippen LogP contribution in [0.2, 0.25) is 0 Å². The molecule has 2 aliphatic rings. The molecule has 2 aromatic heterocycles. The molecule has 0 aliphatic carbocycles. The Balaban J connectivity index is 1.30. The molecule has 1 N–H and O–H groups in total. The van der Waals surface area contributed by atoms with Gasteiger partial charge in [0.15, 0.2) is 0 Å². The third kappa shape index (κ3) is 4.10. The summed E-state index contributed by atoms with van der Waals surface area (Å²) in [5.41, 5.74) is 2.11. The standard InChI is InChI=1S/C20H29N7O/c1-15-12-19(25(2)24-15)27-9-3-4-17(13-27)23-20(28)26-10-6-16(7-11-26)18-5-8-21-14-22-18/h5,8,12,14,16-17H,3-4,6-7,9-11,13H2,1-2H3,(H,23,28). The van der Waals surface area contributed by atoms with Gasteiger partial charge in [0.25, 0.3) is 0 Å². The normalized spacial score (nSPS) is 21.0. The molecule has 1 atom stereocenters. The molecule has 4 rings (SSSR count). The van der Waals surface area contributed by atoms with Crippen LogP contribution in [0.5, 0.6) is 0 Å². The van der Waals surface area contributed by atoms with Gasteiger partial charge in [0, 0.05) is 63.1 Å². The van der Waals surface area contributed by atoms with Gasteiger partial charge in [-0.3, -0.25) is 4.68 Å². The lowest BCUT2D eigenvalue weighted by Gasteiger charge is -2.37. The number of rotatable bonds is 3. The zero-order valence-electron chi connectivity index (χ0n) is 16.7. The Bertz CT molecular complexity index is 798. The van der Waals surface area contributed by atoms with Crippen LogP contribution in [0.4, 0.5) is 10.6 Å². The molecule has 0 aromatic carbocycles. The Morgan fingerprint density at radius 3 is 2.71 bits per heavy atom. The number of carbonyl (C=O) groups excluding carboxylic acids is 1. The summed E-state index contributed by atoms with van der Waals surface area (Å²) in [5.74, 6) is 1.55.